The molecule has 8 heteroatoms. The number of pyridine rings is 1. The van der Waals surface area contributed by atoms with Crippen molar-refractivity contribution in [2.45, 2.75) is 32.1 Å². The van der Waals surface area contributed by atoms with Gasteiger partial charge < -0.3 is 14.6 Å². The highest BCUT2D eigenvalue weighted by molar-refractivity contribution is 5.95. The Balaban J connectivity index is 1.67. The lowest BCUT2D eigenvalue weighted by molar-refractivity contribution is -0.141. The lowest BCUT2D eigenvalue weighted by atomic mass is 10.0. The number of carboxylic acids is 1. The third kappa shape index (κ3) is 3.72. The van der Waals surface area contributed by atoms with E-state index in [1.807, 2.05) is 13.1 Å². The predicted octanol–water partition coefficient (Wildman–Crippen LogP) is 3.98. The van der Waals surface area contributed by atoms with E-state index >= 15 is 0 Å². The van der Waals surface area contributed by atoms with Crippen LogP contribution in [-0.2, 0) is 32.1 Å². The fourth-order valence-electron chi connectivity index (χ4n) is 3.95. The Morgan fingerprint density at radius 1 is 1.24 bits per heavy atom. The molecule has 0 bridgehead atoms. The van der Waals surface area contributed by atoms with Gasteiger partial charge in [0.15, 0.2) is 0 Å². The van der Waals surface area contributed by atoms with E-state index in [1.54, 1.807) is 12.1 Å². The van der Waals surface area contributed by atoms with Gasteiger partial charge in [-0.25, -0.2) is 4.79 Å². The quantitative estimate of drug-likeness (QED) is 0.716. The summed E-state index contributed by atoms with van der Waals surface area (Å²) >= 11 is 0. The number of likely N-dealkylation sites (N-methyl/N-ethyl adjacent to an activating group) is 1. The van der Waals surface area contributed by atoms with Gasteiger partial charge in [-0.3, -0.25) is 4.98 Å². The summed E-state index contributed by atoms with van der Waals surface area (Å²) in [5.41, 5.74) is 3.33. The molecule has 0 saturated carbocycles. The van der Waals surface area contributed by atoms with Crippen molar-refractivity contribution in [2.24, 2.45) is 0 Å². The molecule has 29 heavy (non-hydrogen) atoms. The fourth-order valence-corrected chi connectivity index (χ4v) is 3.95. The highest BCUT2D eigenvalue weighted by atomic mass is 19.4. The lowest BCUT2D eigenvalue weighted by Gasteiger charge is -2.24. The Labute approximate surface area is 165 Å². The zero-order valence-electron chi connectivity index (χ0n) is 15.8. The van der Waals surface area contributed by atoms with E-state index in [4.69, 9.17) is 0 Å². The standard InChI is InChI=1S/C21H20F3N3O2/c1-26-8-7-18-16(12-26)15-10-14(20(28)29)3-4-17(15)27(18)9-6-13-2-5-19(25-11-13)21(22,23)24/h2-5,10-11H,6-9,12H2,1H3,(H,28,29). The Morgan fingerprint density at radius 3 is 2.69 bits per heavy atom. The van der Waals surface area contributed by atoms with Crippen molar-refractivity contribution < 1.29 is 23.1 Å². The Morgan fingerprint density at radius 2 is 2.03 bits per heavy atom. The third-order valence-electron chi connectivity index (χ3n) is 5.43. The molecule has 0 radical (unpaired) electrons. The van der Waals surface area contributed by atoms with Gasteiger partial charge in [-0.05, 0) is 48.9 Å². The molecule has 0 atom stereocenters. The number of alkyl halides is 3. The summed E-state index contributed by atoms with van der Waals surface area (Å²) in [6, 6.07) is 7.60. The molecule has 1 N–H and O–H groups in total. The molecule has 4 rings (SSSR count). The second kappa shape index (κ2) is 7.18. The molecular formula is C21H20F3N3O2. The first kappa shape index (κ1) is 19.4. The van der Waals surface area contributed by atoms with Gasteiger partial charge in [0.2, 0.25) is 0 Å². The molecular weight excluding hydrogens is 383 g/mol. The Hall–Kier alpha value is -2.87. The predicted molar refractivity (Wildman–Crippen MR) is 102 cm³/mol. The summed E-state index contributed by atoms with van der Waals surface area (Å²) < 4.78 is 40.3. The third-order valence-corrected chi connectivity index (χ3v) is 5.43. The summed E-state index contributed by atoms with van der Waals surface area (Å²) in [5, 5.41) is 10.3. The zero-order valence-corrected chi connectivity index (χ0v) is 15.8. The molecule has 1 aromatic carbocycles. The first-order valence-corrected chi connectivity index (χ1v) is 9.32. The van der Waals surface area contributed by atoms with Crippen molar-refractivity contribution in [2.75, 3.05) is 13.6 Å². The number of hydrogen-bond acceptors (Lipinski definition) is 3. The van der Waals surface area contributed by atoms with E-state index in [9.17, 15) is 23.1 Å². The van der Waals surface area contributed by atoms with Gasteiger partial charge in [0, 0.05) is 48.8 Å². The van der Waals surface area contributed by atoms with Crippen LogP contribution in [0.4, 0.5) is 13.2 Å². The van der Waals surface area contributed by atoms with Crippen LogP contribution in [0, 0.1) is 0 Å². The molecule has 5 nitrogen and oxygen atoms in total. The molecule has 3 heterocycles. The molecule has 3 aromatic rings. The molecule has 0 saturated heterocycles. The molecule has 152 valence electrons. The highest BCUT2D eigenvalue weighted by Crippen LogP contribution is 2.32. The van der Waals surface area contributed by atoms with E-state index < -0.39 is 17.8 Å². The van der Waals surface area contributed by atoms with Crippen molar-refractivity contribution in [1.29, 1.82) is 0 Å². The summed E-state index contributed by atoms with van der Waals surface area (Å²) in [6.07, 6.45) is -1.79. The average Bonchev–Trinajstić information content (AvgIpc) is 2.98. The summed E-state index contributed by atoms with van der Waals surface area (Å²) in [7, 11) is 2.03. The van der Waals surface area contributed by atoms with E-state index in [0.29, 0.717) is 13.0 Å². The van der Waals surface area contributed by atoms with Crippen LogP contribution in [0.1, 0.15) is 32.9 Å². The number of aromatic nitrogens is 2. The first-order chi connectivity index (χ1) is 13.7. The molecule has 0 aliphatic carbocycles. The molecule has 0 amide bonds. The van der Waals surface area contributed by atoms with Crippen LogP contribution in [0.2, 0.25) is 0 Å². The van der Waals surface area contributed by atoms with Crippen LogP contribution in [0.25, 0.3) is 10.9 Å². The van der Waals surface area contributed by atoms with Crippen LogP contribution >= 0.6 is 0 Å². The molecule has 0 fully saturated rings. The minimum Gasteiger partial charge on any atom is -0.478 e. The molecule has 0 unspecified atom stereocenters. The van der Waals surface area contributed by atoms with Crippen molar-refractivity contribution in [3.8, 4) is 0 Å². The van der Waals surface area contributed by atoms with Crippen LogP contribution in [0.3, 0.4) is 0 Å². The number of hydrogen-bond donors (Lipinski definition) is 1. The number of rotatable bonds is 4. The number of nitrogens with zero attached hydrogens (tertiary/aromatic N) is 3. The largest absolute Gasteiger partial charge is 0.478 e. The summed E-state index contributed by atoms with van der Waals surface area (Å²) in [4.78, 5) is 17.1. The lowest BCUT2D eigenvalue weighted by Crippen LogP contribution is -2.27. The number of aromatic carboxylic acids is 1. The molecule has 2 aromatic heterocycles. The minimum atomic E-state index is -4.44. The van der Waals surface area contributed by atoms with Gasteiger partial charge in [0.25, 0.3) is 0 Å². The summed E-state index contributed by atoms with van der Waals surface area (Å²) in [5.74, 6) is -0.964. The summed E-state index contributed by atoms with van der Waals surface area (Å²) in [6.45, 7) is 2.23. The SMILES string of the molecule is CN1CCc2c(c3cc(C(=O)O)ccc3n2CCc2ccc(C(F)(F)F)nc2)C1. The van der Waals surface area contributed by atoms with Crippen molar-refractivity contribution in [3.05, 3.63) is 64.6 Å². The second-order valence-electron chi connectivity index (χ2n) is 7.40. The van der Waals surface area contributed by atoms with Crippen LogP contribution in [0.15, 0.2) is 36.5 Å². The highest BCUT2D eigenvalue weighted by Gasteiger charge is 2.32. The smallest absolute Gasteiger partial charge is 0.433 e. The van der Waals surface area contributed by atoms with Gasteiger partial charge in [0.1, 0.15) is 5.69 Å². The normalized spacial score (nSPS) is 14.9. The fraction of sp³-hybridized carbons (Fsp3) is 0.333. The molecule has 0 spiro atoms. The number of fused-ring (bicyclic) bond motifs is 3. The average molecular weight is 403 g/mol. The van der Waals surface area contributed by atoms with Gasteiger partial charge in [-0.2, -0.15) is 13.2 Å². The van der Waals surface area contributed by atoms with Gasteiger partial charge in [0.05, 0.1) is 5.56 Å². The first-order valence-electron chi connectivity index (χ1n) is 9.32. The maximum absolute atomic E-state index is 12.7. The van der Waals surface area contributed by atoms with Gasteiger partial charge >= 0.3 is 12.1 Å². The van der Waals surface area contributed by atoms with E-state index in [-0.39, 0.29) is 5.56 Å². The number of aryl methyl sites for hydroxylation is 2. The minimum absolute atomic E-state index is 0.248. The monoisotopic (exact) mass is 403 g/mol. The molecule has 1 aliphatic rings. The molecule has 1 aliphatic heterocycles. The van der Waals surface area contributed by atoms with Crippen LogP contribution in [0.5, 0.6) is 0 Å². The van der Waals surface area contributed by atoms with Crippen molar-refractivity contribution >= 4 is 16.9 Å². The van der Waals surface area contributed by atoms with E-state index in [0.717, 1.165) is 47.6 Å². The maximum atomic E-state index is 12.7. The van der Waals surface area contributed by atoms with Gasteiger partial charge in [-0.15, -0.1) is 0 Å². The van der Waals surface area contributed by atoms with Gasteiger partial charge in [-0.1, -0.05) is 6.07 Å². The Bertz CT molecular complexity index is 1070. The zero-order chi connectivity index (χ0) is 20.8. The Kier molecular flexibility index (Phi) is 4.82. The maximum Gasteiger partial charge on any atom is 0.433 e. The van der Waals surface area contributed by atoms with Crippen LogP contribution < -0.4 is 0 Å². The second-order valence-corrected chi connectivity index (χ2v) is 7.40. The van der Waals surface area contributed by atoms with E-state index in [1.165, 1.54) is 18.0 Å². The van der Waals surface area contributed by atoms with Crippen molar-refractivity contribution in [3.63, 3.8) is 0 Å². The number of carboxylic acid groups (broad SMARTS) is 1. The number of benzene rings is 1. The van der Waals surface area contributed by atoms with Crippen LogP contribution in [-0.4, -0.2) is 39.1 Å². The topological polar surface area (TPSA) is 58.4 Å². The number of halogens is 3. The number of carbonyl (C=O) groups is 1. The van der Waals surface area contributed by atoms with E-state index in [2.05, 4.69) is 14.5 Å². The van der Waals surface area contributed by atoms with Crippen molar-refractivity contribution in [1.82, 2.24) is 14.5 Å².